The maximum atomic E-state index is 12.2. The molecule has 0 spiro atoms. The van der Waals surface area contributed by atoms with Gasteiger partial charge in [0.2, 0.25) is 5.91 Å². The number of nitrogens with one attached hydrogen (secondary N) is 1. The fourth-order valence-corrected chi connectivity index (χ4v) is 2.40. The predicted octanol–water partition coefficient (Wildman–Crippen LogP) is 2.13. The highest BCUT2D eigenvalue weighted by Crippen LogP contribution is 2.14. The molecule has 0 saturated carbocycles. The molecule has 0 atom stereocenters. The first kappa shape index (κ1) is 15.7. The number of para-hydroxylation sites is 1. The Balaban J connectivity index is 1.62. The molecule has 0 aliphatic rings. The molecule has 0 unspecified atom stereocenters. The molecule has 0 bridgehead atoms. The number of rotatable bonds is 6. The minimum atomic E-state index is -0.0337. The van der Waals surface area contributed by atoms with Gasteiger partial charge < -0.3 is 10.1 Å². The van der Waals surface area contributed by atoms with Crippen molar-refractivity contribution in [2.45, 2.75) is 13.0 Å². The van der Waals surface area contributed by atoms with E-state index < -0.39 is 0 Å². The van der Waals surface area contributed by atoms with Crippen LogP contribution in [0.15, 0.2) is 61.2 Å². The molecule has 1 aromatic heterocycles. The van der Waals surface area contributed by atoms with E-state index in [1.807, 2.05) is 48.5 Å². The van der Waals surface area contributed by atoms with Crippen molar-refractivity contribution in [3.8, 4) is 11.4 Å². The van der Waals surface area contributed by atoms with Gasteiger partial charge in [-0.15, -0.1) is 0 Å². The normalized spacial score (nSPS) is 10.4. The molecule has 0 aliphatic carbocycles. The monoisotopic (exact) mass is 322 g/mol. The topological polar surface area (TPSA) is 69.0 Å². The molecule has 1 amide bonds. The molecule has 3 aromatic rings. The summed E-state index contributed by atoms with van der Waals surface area (Å²) in [6.45, 7) is 0.436. The van der Waals surface area contributed by atoms with Crippen molar-refractivity contribution in [3.63, 3.8) is 0 Å². The van der Waals surface area contributed by atoms with E-state index in [1.54, 1.807) is 18.1 Å². The van der Waals surface area contributed by atoms with Crippen molar-refractivity contribution in [1.82, 2.24) is 20.1 Å². The highest BCUT2D eigenvalue weighted by molar-refractivity contribution is 5.78. The molecular weight excluding hydrogens is 304 g/mol. The Bertz CT molecular complexity index is 798. The number of aromatic nitrogens is 3. The van der Waals surface area contributed by atoms with Crippen LogP contribution in [0.3, 0.4) is 0 Å². The van der Waals surface area contributed by atoms with E-state index in [4.69, 9.17) is 4.74 Å². The summed E-state index contributed by atoms with van der Waals surface area (Å²) in [4.78, 5) is 16.1. The zero-order valence-electron chi connectivity index (χ0n) is 13.3. The average molecular weight is 322 g/mol. The Morgan fingerprint density at radius 1 is 1.17 bits per heavy atom. The second-order valence-corrected chi connectivity index (χ2v) is 5.27. The van der Waals surface area contributed by atoms with Crippen LogP contribution in [0, 0.1) is 0 Å². The van der Waals surface area contributed by atoms with E-state index in [0.717, 1.165) is 22.6 Å². The third kappa shape index (κ3) is 3.78. The fraction of sp³-hybridized carbons (Fsp3) is 0.167. The van der Waals surface area contributed by atoms with Crippen LogP contribution in [-0.2, 0) is 17.8 Å². The van der Waals surface area contributed by atoms with Gasteiger partial charge in [0.25, 0.3) is 0 Å². The lowest BCUT2D eigenvalue weighted by Crippen LogP contribution is -2.25. The zero-order chi connectivity index (χ0) is 16.8. The SMILES string of the molecule is COc1ccc(CC(=O)NCc2ccccc2-n2cncn2)cc1. The molecule has 24 heavy (non-hydrogen) atoms. The number of benzene rings is 2. The number of hydrogen-bond donors (Lipinski definition) is 1. The van der Waals surface area contributed by atoms with Crippen molar-refractivity contribution in [2.75, 3.05) is 7.11 Å². The molecule has 3 rings (SSSR count). The van der Waals surface area contributed by atoms with Crippen molar-refractivity contribution >= 4 is 5.91 Å². The minimum absolute atomic E-state index is 0.0337. The first-order valence-electron chi connectivity index (χ1n) is 7.59. The van der Waals surface area contributed by atoms with E-state index in [9.17, 15) is 4.79 Å². The first-order valence-corrected chi connectivity index (χ1v) is 7.59. The zero-order valence-corrected chi connectivity index (χ0v) is 13.3. The van der Waals surface area contributed by atoms with Crippen LogP contribution in [0.4, 0.5) is 0 Å². The molecular formula is C18H18N4O2. The van der Waals surface area contributed by atoms with Crippen LogP contribution >= 0.6 is 0 Å². The van der Waals surface area contributed by atoms with E-state index in [0.29, 0.717) is 13.0 Å². The number of carbonyl (C=O) groups excluding carboxylic acids is 1. The van der Waals surface area contributed by atoms with Crippen molar-refractivity contribution in [3.05, 3.63) is 72.3 Å². The number of hydrogen-bond acceptors (Lipinski definition) is 4. The van der Waals surface area contributed by atoms with Crippen molar-refractivity contribution in [1.29, 1.82) is 0 Å². The van der Waals surface area contributed by atoms with Gasteiger partial charge in [0, 0.05) is 6.54 Å². The molecule has 6 heteroatoms. The third-order valence-corrected chi connectivity index (χ3v) is 3.66. The summed E-state index contributed by atoms with van der Waals surface area (Å²) in [7, 11) is 1.62. The molecule has 0 radical (unpaired) electrons. The molecule has 0 fully saturated rings. The standard InChI is InChI=1S/C18H18N4O2/c1-24-16-8-6-14(7-9-16)10-18(23)20-11-15-4-2-3-5-17(15)22-13-19-12-21-22/h2-9,12-13H,10-11H2,1H3,(H,20,23). The van der Waals surface area contributed by atoms with E-state index >= 15 is 0 Å². The lowest BCUT2D eigenvalue weighted by molar-refractivity contribution is -0.120. The van der Waals surface area contributed by atoms with Crippen molar-refractivity contribution in [2.24, 2.45) is 0 Å². The minimum Gasteiger partial charge on any atom is -0.497 e. The van der Waals surface area contributed by atoms with Gasteiger partial charge in [-0.25, -0.2) is 9.67 Å². The van der Waals surface area contributed by atoms with Gasteiger partial charge in [-0.2, -0.15) is 5.10 Å². The summed E-state index contributed by atoms with van der Waals surface area (Å²) in [6.07, 6.45) is 3.45. The van der Waals surface area contributed by atoms with Crippen LogP contribution in [0.25, 0.3) is 5.69 Å². The van der Waals surface area contributed by atoms with Crippen LogP contribution in [-0.4, -0.2) is 27.8 Å². The maximum Gasteiger partial charge on any atom is 0.224 e. The summed E-state index contributed by atoms with van der Waals surface area (Å²) in [5.74, 6) is 0.745. The molecule has 1 N–H and O–H groups in total. The number of nitrogens with zero attached hydrogens (tertiary/aromatic N) is 3. The van der Waals surface area contributed by atoms with E-state index in [1.165, 1.54) is 6.33 Å². The van der Waals surface area contributed by atoms with Crippen LogP contribution in [0.1, 0.15) is 11.1 Å². The highest BCUT2D eigenvalue weighted by Gasteiger charge is 2.08. The molecule has 0 saturated heterocycles. The van der Waals surface area contributed by atoms with Gasteiger partial charge in [-0.3, -0.25) is 4.79 Å². The second kappa shape index (κ2) is 7.41. The molecule has 122 valence electrons. The number of carbonyl (C=O) groups is 1. The Morgan fingerprint density at radius 3 is 2.67 bits per heavy atom. The van der Waals surface area contributed by atoms with Gasteiger partial charge in [0.15, 0.2) is 0 Å². The lowest BCUT2D eigenvalue weighted by Gasteiger charge is -2.10. The highest BCUT2D eigenvalue weighted by atomic mass is 16.5. The maximum absolute atomic E-state index is 12.2. The van der Waals surface area contributed by atoms with E-state index in [-0.39, 0.29) is 5.91 Å². The van der Waals surface area contributed by atoms with Crippen LogP contribution in [0.2, 0.25) is 0 Å². The quantitative estimate of drug-likeness (QED) is 0.755. The first-order chi connectivity index (χ1) is 11.8. The third-order valence-electron chi connectivity index (χ3n) is 3.66. The fourth-order valence-electron chi connectivity index (χ4n) is 2.40. The Morgan fingerprint density at radius 2 is 1.96 bits per heavy atom. The molecule has 1 heterocycles. The molecule has 2 aromatic carbocycles. The predicted molar refractivity (Wildman–Crippen MR) is 89.9 cm³/mol. The van der Waals surface area contributed by atoms with E-state index in [2.05, 4.69) is 15.4 Å². The van der Waals surface area contributed by atoms with Crippen molar-refractivity contribution < 1.29 is 9.53 Å². The Hall–Kier alpha value is -3.15. The average Bonchev–Trinajstić information content (AvgIpc) is 3.15. The Kier molecular flexibility index (Phi) is 4.86. The molecule has 6 nitrogen and oxygen atoms in total. The summed E-state index contributed by atoms with van der Waals surface area (Å²) in [6, 6.07) is 15.3. The summed E-state index contributed by atoms with van der Waals surface area (Å²) in [5, 5.41) is 7.09. The molecule has 0 aliphatic heterocycles. The summed E-state index contributed by atoms with van der Waals surface area (Å²) >= 11 is 0. The van der Waals surface area contributed by atoms with Gasteiger partial charge >= 0.3 is 0 Å². The largest absolute Gasteiger partial charge is 0.497 e. The van der Waals surface area contributed by atoms with Crippen LogP contribution < -0.4 is 10.1 Å². The lowest BCUT2D eigenvalue weighted by atomic mass is 10.1. The van der Waals surface area contributed by atoms with Gasteiger partial charge in [-0.05, 0) is 29.3 Å². The van der Waals surface area contributed by atoms with Gasteiger partial charge in [-0.1, -0.05) is 30.3 Å². The summed E-state index contributed by atoms with van der Waals surface area (Å²) in [5.41, 5.74) is 2.82. The number of methoxy groups -OCH3 is 1. The second-order valence-electron chi connectivity index (χ2n) is 5.27. The summed E-state index contributed by atoms with van der Waals surface area (Å²) < 4.78 is 6.80. The van der Waals surface area contributed by atoms with Crippen LogP contribution in [0.5, 0.6) is 5.75 Å². The smallest absolute Gasteiger partial charge is 0.224 e. The van der Waals surface area contributed by atoms with Gasteiger partial charge in [0.05, 0.1) is 19.2 Å². The Labute approximate surface area is 140 Å². The number of amides is 1. The number of ether oxygens (including phenoxy) is 1. The van der Waals surface area contributed by atoms with Gasteiger partial charge in [0.1, 0.15) is 18.4 Å².